The molecule has 0 radical (unpaired) electrons. The Morgan fingerprint density at radius 3 is 1.17 bits per heavy atom. The van der Waals surface area contributed by atoms with Crippen LogP contribution in [0.3, 0.4) is 0 Å². The van der Waals surface area contributed by atoms with Crippen molar-refractivity contribution in [3.8, 4) is 0 Å². The summed E-state index contributed by atoms with van der Waals surface area (Å²) in [5.41, 5.74) is 10.9. The maximum Gasteiger partial charge on any atom is 0.251 e. The first kappa shape index (κ1) is 105. The van der Waals surface area contributed by atoms with E-state index in [-0.39, 0.29) is 109 Å². The van der Waals surface area contributed by atoms with Gasteiger partial charge < -0.3 is 77.8 Å². The summed E-state index contributed by atoms with van der Waals surface area (Å²) in [6.45, 7) is 9.09. The lowest BCUT2D eigenvalue weighted by atomic mass is 10.0. The van der Waals surface area contributed by atoms with Gasteiger partial charge in [0, 0.05) is 158 Å². The first-order valence-electron chi connectivity index (χ1n) is 38.3. The minimum atomic E-state index is -0.398. The number of hydrogen-bond donors (Lipinski definition) is 13. The second-order valence-corrected chi connectivity index (χ2v) is 30.9. The van der Waals surface area contributed by atoms with Crippen LogP contribution in [0.4, 0.5) is 34.1 Å². The van der Waals surface area contributed by atoms with Gasteiger partial charge >= 0.3 is 0 Å². The Labute approximate surface area is 722 Å². The van der Waals surface area contributed by atoms with Crippen LogP contribution in [0, 0.1) is 0 Å². The summed E-state index contributed by atoms with van der Waals surface area (Å²) in [4.78, 5) is 139. The Morgan fingerprint density at radius 2 is 0.758 bits per heavy atom. The van der Waals surface area contributed by atoms with Gasteiger partial charge in [-0.15, -0.1) is 23.5 Å². The minimum Gasteiger partial charge on any atom is -0.378 e. The van der Waals surface area contributed by atoms with Gasteiger partial charge in [0.25, 0.3) is 5.91 Å². The van der Waals surface area contributed by atoms with E-state index in [9.17, 15) is 57.5 Å². The van der Waals surface area contributed by atoms with Gasteiger partial charge in [-0.3, -0.25) is 62.7 Å². The van der Waals surface area contributed by atoms with Crippen molar-refractivity contribution in [2.24, 2.45) is 0 Å². The fourth-order valence-electron chi connectivity index (χ4n) is 9.17. The number of fused-ring (bicyclic) bond motifs is 1. The SMILES string of the molecule is CNC(=O)CCSCCNC(=O)c1ccc2ccccc2c1.CNC(=O)COCC(=O)Nc1ccc(C(C)C)cc1.CNC(=O)COCC(=O)Nc1ccc(N(C)C)cc1.CNC(=O)CSCC(=O)Nc1ccc(C(C)C)cc1.CNC(=O)CSCC(=O)Nc1ccc(N(C)C)cc1.O=C(/C=C/C=C/c1ccccc1)NCCSCCC(=O)NO. The van der Waals surface area contributed by atoms with E-state index >= 15 is 0 Å². The van der Waals surface area contributed by atoms with E-state index in [2.05, 4.69) is 86.2 Å². The molecule has 29 nitrogen and oxygen atoms in total. The molecule has 650 valence electrons. The van der Waals surface area contributed by atoms with Crippen LogP contribution >= 0.6 is 47.0 Å². The first-order chi connectivity index (χ1) is 57.5. The van der Waals surface area contributed by atoms with Gasteiger partial charge in [0.2, 0.25) is 65.0 Å². The minimum absolute atomic E-state index is 0.0488. The lowest BCUT2D eigenvalue weighted by Gasteiger charge is -2.13. The third-order valence-electron chi connectivity index (χ3n) is 15.9. The number of anilines is 6. The molecule has 0 aromatic heterocycles. The smallest absolute Gasteiger partial charge is 0.251 e. The van der Waals surface area contributed by atoms with Gasteiger partial charge in [-0.05, 0) is 124 Å². The van der Waals surface area contributed by atoms with Crippen LogP contribution in [-0.2, 0) is 62.2 Å². The second-order valence-electron chi connectivity index (χ2n) is 26.5. The molecule has 0 spiro atoms. The highest BCUT2D eigenvalue weighted by Crippen LogP contribution is 2.22. The molecule has 33 heteroatoms. The fourth-order valence-corrected chi connectivity index (χ4v) is 12.1. The molecule has 0 fully saturated rings. The first-order valence-corrected chi connectivity index (χ1v) is 43.0. The summed E-state index contributed by atoms with van der Waals surface area (Å²) >= 11 is 5.79. The summed E-state index contributed by atoms with van der Waals surface area (Å²) in [6.07, 6.45) is 7.69. The molecule has 12 amide bonds. The third kappa shape index (κ3) is 50.5. The van der Waals surface area contributed by atoms with Gasteiger partial charge in [-0.25, -0.2) is 5.48 Å². The third-order valence-corrected chi connectivity index (χ3v) is 19.8. The van der Waals surface area contributed by atoms with Gasteiger partial charge in [0.05, 0.1) is 23.0 Å². The van der Waals surface area contributed by atoms with Crippen LogP contribution in [0.2, 0.25) is 0 Å². The van der Waals surface area contributed by atoms with Crippen molar-refractivity contribution in [3.63, 3.8) is 0 Å². The predicted molar refractivity (Wildman–Crippen MR) is 491 cm³/mol. The molecule has 13 N–H and O–H groups in total. The number of rotatable bonds is 40. The standard InChI is InChI=1S/C17H20N2O2S.C16H20N2O3S.C14H20N2O3.C14H20N2O2S.C13H19N3O3.C13H19N3O2S/c1-18-16(20)8-10-22-11-9-19-17(21)15-7-6-13-4-2-3-5-14(13)12-15;19-15(17-11-13-22-12-10-16(20)18-21)9-5-4-8-14-6-2-1-3-7-14;2*1-10(2)11-4-6-12(7-5-11)16-14(18)9-19-8-13(17)15-3;2*1-14-12(17)8-19-9-13(18)15-10-4-6-11(7-5-10)16(2)3/h2-7,12H,8-11H2,1H3,(H,18,20)(H,19,21);1-9,21H,10-13H2,(H,17,19)(H,18,20);2*4-7,10H,8-9H2,1-3H3,(H,15,17)(H,16,18);2*4-7H,8-9H2,1-3H3,(H,14,17)(H,15,18)/b;8-4+,9-5+;;;;. The van der Waals surface area contributed by atoms with Gasteiger partial charge in [0.1, 0.15) is 26.4 Å². The number of allylic oxidation sites excluding steroid dienone is 2. The lowest BCUT2D eigenvalue weighted by Crippen LogP contribution is -2.26. The summed E-state index contributed by atoms with van der Waals surface area (Å²) < 4.78 is 9.91. The van der Waals surface area contributed by atoms with E-state index < -0.39 is 5.91 Å². The van der Waals surface area contributed by atoms with Gasteiger partial charge in [-0.1, -0.05) is 131 Å². The molecular formula is C87H118N14O15S4. The number of likely N-dealkylation sites (N-methyl/N-ethyl adjacent to an activating group) is 2. The van der Waals surface area contributed by atoms with Crippen molar-refractivity contribution in [1.82, 2.24) is 42.7 Å². The monoisotopic (exact) mass is 1730 g/mol. The Morgan fingerprint density at radius 1 is 0.383 bits per heavy atom. The van der Waals surface area contributed by atoms with E-state index in [0.717, 1.165) is 62.0 Å². The Kier molecular flexibility index (Phi) is 55.8. The molecule has 0 aliphatic rings. The molecule has 120 heavy (non-hydrogen) atoms. The van der Waals surface area contributed by atoms with E-state index in [1.54, 1.807) is 44.5 Å². The molecule has 0 saturated carbocycles. The average Bonchev–Trinajstić information content (AvgIpc) is 0.834. The molecule has 0 unspecified atom stereocenters. The number of carbonyl (C=O) groups is 12. The van der Waals surface area contributed by atoms with Crippen molar-refractivity contribution >= 4 is 169 Å². The Bertz CT molecular complexity index is 3960. The van der Waals surface area contributed by atoms with Crippen molar-refractivity contribution in [1.29, 1.82) is 0 Å². The molecule has 7 aromatic rings. The largest absolute Gasteiger partial charge is 0.378 e. The van der Waals surface area contributed by atoms with Gasteiger partial charge in [0.15, 0.2) is 0 Å². The van der Waals surface area contributed by atoms with Crippen LogP contribution in [0.5, 0.6) is 0 Å². The summed E-state index contributed by atoms with van der Waals surface area (Å²) in [5.74, 6) is 3.00. The number of nitrogens with zero attached hydrogens (tertiary/aromatic N) is 2. The average molecular weight is 1730 g/mol. The van der Waals surface area contributed by atoms with Crippen molar-refractivity contribution in [2.75, 3.05) is 180 Å². The molecule has 0 heterocycles. The Balaban J connectivity index is 0.000000489. The van der Waals surface area contributed by atoms with Crippen LogP contribution in [-0.4, -0.2) is 225 Å². The fraction of sp³-hybridized carbons (Fsp3) is 0.356. The maximum absolute atomic E-state index is 12.1. The van der Waals surface area contributed by atoms with Crippen molar-refractivity contribution < 1.29 is 72.2 Å². The van der Waals surface area contributed by atoms with E-state index in [1.807, 2.05) is 220 Å². The number of nitrogens with one attached hydrogen (secondary N) is 12. The highest BCUT2D eigenvalue weighted by molar-refractivity contribution is 8.01. The van der Waals surface area contributed by atoms with Crippen LogP contribution in [0.15, 0.2) is 188 Å². The number of hydroxylamine groups is 1. The van der Waals surface area contributed by atoms with Gasteiger partial charge in [-0.2, -0.15) is 23.5 Å². The molecule has 0 aliphatic carbocycles. The maximum atomic E-state index is 12.1. The highest BCUT2D eigenvalue weighted by Gasteiger charge is 2.12. The normalized spacial score (nSPS) is 10.3. The summed E-state index contributed by atoms with van der Waals surface area (Å²) in [5, 5.41) is 39.6. The molecule has 0 aliphatic heterocycles. The summed E-state index contributed by atoms with van der Waals surface area (Å²) in [7, 11) is 15.6. The van der Waals surface area contributed by atoms with Crippen LogP contribution in [0.25, 0.3) is 16.8 Å². The van der Waals surface area contributed by atoms with Crippen LogP contribution in [0.1, 0.15) is 79.4 Å². The zero-order valence-electron chi connectivity index (χ0n) is 70.6. The molecule has 7 rings (SSSR count). The van der Waals surface area contributed by atoms with Crippen molar-refractivity contribution in [2.45, 2.75) is 52.4 Å². The number of thioether (sulfide) groups is 4. The van der Waals surface area contributed by atoms with E-state index in [0.29, 0.717) is 59.9 Å². The number of amides is 12. The van der Waals surface area contributed by atoms with Crippen LogP contribution < -0.4 is 73.8 Å². The molecule has 0 bridgehead atoms. The number of ether oxygens (including phenoxy) is 2. The Hall–Kier alpha value is -11.2. The highest BCUT2D eigenvalue weighted by atomic mass is 32.2. The number of benzene rings is 7. The van der Waals surface area contributed by atoms with E-state index in [1.165, 1.54) is 66.6 Å². The summed E-state index contributed by atoms with van der Waals surface area (Å²) in [6, 6.07) is 54.0. The topological polar surface area (TPSA) is 394 Å². The molecule has 0 saturated heterocycles. The molecular weight excluding hydrogens is 1610 g/mol. The quantitative estimate of drug-likeness (QED) is 0.00558. The second kappa shape index (κ2) is 63.8. The predicted octanol–water partition coefficient (Wildman–Crippen LogP) is 9.80. The zero-order chi connectivity index (χ0) is 88.8. The number of carbonyl (C=O) groups excluding carboxylic acids is 12. The lowest BCUT2D eigenvalue weighted by molar-refractivity contribution is -0.129. The zero-order valence-corrected chi connectivity index (χ0v) is 73.9. The molecule has 0 atom stereocenters. The van der Waals surface area contributed by atoms with E-state index in [4.69, 9.17) is 14.7 Å². The molecule has 7 aromatic carbocycles. The number of hydrogen-bond acceptors (Lipinski definition) is 21. The van der Waals surface area contributed by atoms with Crippen molar-refractivity contribution in [3.05, 3.63) is 210 Å².